The summed E-state index contributed by atoms with van der Waals surface area (Å²) in [5.74, 6) is 0.940. The molecule has 2 nitrogen and oxygen atoms in total. The molecule has 0 saturated heterocycles. The van der Waals surface area contributed by atoms with Crippen molar-refractivity contribution in [3.8, 4) is 5.75 Å². The highest BCUT2D eigenvalue weighted by atomic mass is 16.5. The summed E-state index contributed by atoms with van der Waals surface area (Å²) in [5.41, 5.74) is 0. The van der Waals surface area contributed by atoms with Crippen molar-refractivity contribution in [3.63, 3.8) is 0 Å². The number of rotatable bonds is 5. The molecule has 14 heavy (non-hydrogen) atoms. The molecule has 0 heterocycles. The predicted octanol–water partition coefficient (Wildman–Crippen LogP) is 2.70. The standard InChI is InChI=1S/C10H15NO.C2H6/c1-2-11-8-9-12-10-6-4-3-5-7-10;1-2/h3-7,11H,2,8-9H2,1H3;1-2H3. The Labute approximate surface area is 87.3 Å². The lowest BCUT2D eigenvalue weighted by Crippen LogP contribution is -2.20. The Kier molecular flexibility index (Phi) is 9.33. The maximum absolute atomic E-state index is 5.45. The van der Waals surface area contributed by atoms with Crippen molar-refractivity contribution in [1.82, 2.24) is 5.32 Å². The van der Waals surface area contributed by atoms with Gasteiger partial charge in [0.15, 0.2) is 0 Å². The van der Waals surface area contributed by atoms with Gasteiger partial charge < -0.3 is 10.1 Å². The zero-order valence-electron chi connectivity index (χ0n) is 9.42. The van der Waals surface area contributed by atoms with E-state index in [1.54, 1.807) is 0 Å². The molecule has 1 rings (SSSR count). The third-order valence-electron chi connectivity index (χ3n) is 1.54. The molecule has 0 atom stereocenters. The first kappa shape index (κ1) is 13.0. The molecule has 1 aromatic rings. The van der Waals surface area contributed by atoms with Crippen molar-refractivity contribution in [3.05, 3.63) is 30.3 Å². The first-order chi connectivity index (χ1) is 6.93. The molecule has 0 radical (unpaired) electrons. The fourth-order valence-electron chi connectivity index (χ4n) is 0.935. The molecule has 80 valence electrons. The second-order valence-corrected chi connectivity index (χ2v) is 2.52. The second kappa shape index (κ2) is 10.1. The minimum absolute atomic E-state index is 0.734. The molecule has 0 amide bonds. The molecule has 0 aromatic heterocycles. The molecule has 1 N–H and O–H groups in total. The van der Waals surface area contributed by atoms with E-state index in [1.165, 1.54) is 0 Å². The normalized spacial score (nSPS) is 8.79. The molecule has 0 spiro atoms. The smallest absolute Gasteiger partial charge is 0.119 e. The lowest BCUT2D eigenvalue weighted by atomic mass is 10.3. The molecule has 0 saturated carbocycles. The van der Waals surface area contributed by atoms with E-state index >= 15 is 0 Å². The zero-order chi connectivity index (χ0) is 10.6. The van der Waals surface area contributed by atoms with Gasteiger partial charge >= 0.3 is 0 Å². The van der Waals surface area contributed by atoms with Crippen LogP contribution in [-0.2, 0) is 0 Å². The van der Waals surface area contributed by atoms with Gasteiger partial charge in [-0.25, -0.2) is 0 Å². The summed E-state index contributed by atoms with van der Waals surface area (Å²) < 4.78 is 5.45. The first-order valence-corrected chi connectivity index (χ1v) is 5.32. The first-order valence-electron chi connectivity index (χ1n) is 5.32. The van der Waals surface area contributed by atoms with Crippen LogP contribution in [-0.4, -0.2) is 19.7 Å². The van der Waals surface area contributed by atoms with E-state index < -0.39 is 0 Å². The summed E-state index contributed by atoms with van der Waals surface area (Å²) in [4.78, 5) is 0. The van der Waals surface area contributed by atoms with Crippen LogP contribution in [0, 0.1) is 0 Å². The minimum Gasteiger partial charge on any atom is -0.492 e. The summed E-state index contributed by atoms with van der Waals surface area (Å²) in [6, 6.07) is 9.86. The van der Waals surface area contributed by atoms with Crippen LogP contribution in [0.3, 0.4) is 0 Å². The molecule has 0 fully saturated rings. The van der Waals surface area contributed by atoms with Crippen LogP contribution < -0.4 is 10.1 Å². The quantitative estimate of drug-likeness (QED) is 0.729. The highest BCUT2D eigenvalue weighted by Crippen LogP contribution is 2.07. The average molecular weight is 195 g/mol. The van der Waals surface area contributed by atoms with Gasteiger partial charge in [-0.15, -0.1) is 0 Å². The van der Waals surface area contributed by atoms with Gasteiger partial charge in [0, 0.05) is 6.54 Å². The van der Waals surface area contributed by atoms with Gasteiger partial charge in [0.2, 0.25) is 0 Å². The number of nitrogens with one attached hydrogen (secondary N) is 1. The largest absolute Gasteiger partial charge is 0.492 e. The van der Waals surface area contributed by atoms with Gasteiger partial charge in [0.05, 0.1) is 0 Å². The van der Waals surface area contributed by atoms with Crippen LogP contribution >= 0.6 is 0 Å². The van der Waals surface area contributed by atoms with E-state index in [0.717, 1.165) is 25.4 Å². The van der Waals surface area contributed by atoms with E-state index in [4.69, 9.17) is 4.74 Å². The SMILES string of the molecule is CC.CCNCCOc1ccccc1. The summed E-state index contributed by atoms with van der Waals surface area (Å²) in [6.07, 6.45) is 0. The van der Waals surface area contributed by atoms with Gasteiger partial charge in [-0.3, -0.25) is 0 Å². The highest BCUT2D eigenvalue weighted by molar-refractivity contribution is 5.20. The Hall–Kier alpha value is -1.02. The van der Waals surface area contributed by atoms with Crippen LogP contribution in [0.15, 0.2) is 30.3 Å². The summed E-state index contributed by atoms with van der Waals surface area (Å²) in [7, 11) is 0. The van der Waals surface area contributed by atoms with Gasteiger partial charge in [0.25, 0.3) is 0 Å². The second-order valence-electron chi connectivity index (χ2n) is 2.52. The molecule has 0 aliphatic rings. The molecule has 0 unspecified atom stereocenters. The van der Waals surface area contributed by atoms with Crippen LogP contribution in [0.1, 0.15) is 20.8 Å². The van der Waals surface area contributed by atoms with Crippen molar-refractivity contribution in [2.75, 3.05) is 19.7 Å². The molecular weight excluding hydrogens is 174 g/mol. The van der Waals surface area contributed by atoms with Crippen LogP contribution in [0.4, 0.5) is 0 Å². The van der Waals surface area contributed by atoms with Crippen molar-refractivity contribution in [1.29, 1.82) is 0 Å². The molecule has 0 aliphatic heterocycles. The molecule has 0 bridgehead atoms. The lowest BCUT2D eigenvalue weighted by molar-refractivity contribution is 0.315. The average Bonchev–Trinajstić information content (AvgIpc) is 2.29. The van der Waals surface area contributed by atoms with Crippen molar-refractivity contribution >= 4 is 0 Å². The van der Waals surface area contributed by atoms with Gasteiger partial charge in [-0.1, -0.05) is 39.0 Å². The number of ether oxygens (including phenoxy) is 1. The fraction of sp³-hybridized carbons (Fsp3) is 0.500. The maximum Gasteiger partial charge on any atom is 0.119 e. The Morgan fingerprint density at radius 3 is 2.36 bits per heavy atom. The molecule has 1 aromatic carbocycles. The number of benzene rings is 1. The maximum atomic E-state index is 5.45. The molecular formula is C12H21NO. The van der Waals surface area contributed by atoms with Gasteiger partial charge in [-0.2, -0.15) is 0 Å². The van der Waals surface area contributed by atoms with Gasteiger partial charge in [-0.05, 0) is 18.7 Å². The van der Waals surface area contributed by atoms with E-state index in [1.807, 2.05) is 44.2 Å². The van der Waals surface area contributed by atoms with Crippen LogP contribution in [0.2, 0.25) is 0 Å². The van der Waals surface area contributed by atoms with Gasteiger partial charge in [0.1, 0.15) is 12.4 Å². The number of hydrogen-bond acceptors (Lipinski definition) is 2. The van der Waals surface area contributed by atoms with Crippen LogP contribution in [0.5, 0.6) is 5.75 Å². The van der Waals surface area contributed by atoms with E-state index in [9.17, 15) is 0 Å². The number of hydrogen-bond donors (Lipinski definition) is 1. The topological polar surface area (TPSA) is 21.3 Å². The van der Waals surface area contributed by atoms with E-state index in [0.29, 0.717) is 0 Å². The summed E-state index contributed by atoms with van der Waals surface area (Å²) >= 11 is 0. The van der Waals surface area contributed by atoms with Crippen molar-refractivity contribution in [2.45, 2.75) is 20.8 Å². The third kappa shape index (κ3) is 6.49. The van der Waals surface area contributed by atoms with Crippen molar-refractivity contribution < 1.29 is 4.74 Å². The third-order valence-corrected chi connectivity index (χ3v) is 1.54. The van der Waals surface area contributed by atoms with E-state index in [2.05, 4.69) is 12.2 Å². The Morgan fingerprint density at radius 1 is 1.14 bits per heavy atom. The number of para-hydroxylation sites is 1. The zero-order valence-corrected chi connectivity index (χ0v) is 9.42. The van der Waals surface area contributed by atoms with E-state index in [-0.39, 0.29) is 0 Å². The monoisotopic (exact) mass is 195 g/mol. The summed E-state index contributed by atoms with van der Waals surface area (Å²) in [6.45, 7) is 8.73. The summed E-state index contributed by atoms with van der Waals surface area (Å²) in [5, 5.41) is 3.19. The van der Waals surface area contributed by atoms with Crippen LogP contribution in [0.25, 0.3) is 0 Å². The fourth-order valence-corrected chi connectivity index (χ4v) is 0.935. The Balaban J connectivity index is 0.000000791. The molecule has 2 heteroatoms. The Morgan fingerprint density at radius 2 is 1.79 bits per heavy atom. The van der Waals surface area contributed by atoms with Crippen molar-refractivity contribution in [2.24, 2.45) is 0 Å². The lowest BCUT2D eigenvalue weighted by Gasteiger charge is -2.05. The minimum atomic E-state index is 0.734. The Bertz CT molecular complexity index is 199. The predicted molar refractivity (Wildman–Crippen MR) is 61.8 cm³/mol. The molecule has 0 aliphatic carbocycles. The number of likely N-dealkylation sites (N-methyl/N-ethyl adjacent to an activating group) is 1. The highest BCUT2D eigenvalue weighted by Gasteiger charge is 1.88.